The number of aromatic nitrogens is 1. The largest absolute Gasteiger partial charge is 0.311 e. The smallest absolute Gasteiger partial charge is 0.269 e. The van der Waals surface area contributed by atoms with Gasteiger partial charge in [0.05, 0.1) is 0 Å². The second-order valence-electron chi connectivity index (χ2n) is 5.59. The van der Waals surface area contributed by atoms with E-state index in [9.17, 15) is 10.1 Å². The Morgan fingerprint density at radius 1 is 1.05 bits per heavy atom. The predicted molar refractivity (Wildman–Crippen MR) is 83.0 cm³/mol. The van der Waals surface area contributed by atoms with Crippen LogP contribution in [0.25, 0.3) is 11.1 Å². The van der Waals surface area contributed by atoms with Gasteiger partial charge in [-0.25, -0.2) is 0 Å². The first kappa shape index (κ1) is 13.6. The minimum atomic E-state index is -0.147. The van der Waals surface area contributed by atoms with Crippen LogP contribution in [-0.4, -0.2) is 4.57 Å². The number of nitrogens with zero attached hydrogens (tertiary/aromatic N) is 2. The van der Waals surface area contributed by atoms with Crippen LogP contribution in [0.2, 0.25) is 0 Å². The van der Waals surface area contributed by atoms with Crippen LogP contribution in [0.5, 0.6) is 0 Å². The summed E-state index contributed by atoms with van der Waals surface area (Å²) in [5.74, 6) is 0. The van der Waals surface area contributed by atoms with Crippen molar-refractivity contribution in [3.8, 4) is 17.2 Å². The van der Waals surface area contributed by atoms with Gasteiger partial charge in [0, 0.05) is 17.8 Å². The highest BCUT2D eigenvalue weighted by atomic mass is 16.1. The Morgan fingerprint density at radius 2 is 1.76 bits per heavy atom. The molecule has 1 heterocycles. The molecule has 0 atom stereocenters. The van der Waals surface area contributed by atoms with E-state index in [1.165, 1.54) is 19.3 Å². The Morgan fingerprint density at radius 3 is 2.43 bits per heavy atom. The SMILES string of the molecule is N#Cc1c(-c2ccccc2)ccn(C2CCCCC2)c1=O. The Bertz CT molecular complexity index is 719. The quantitative estimate of drug-likeness (QED) is 0.836. The standard InChI is InChI=1S/C18H18N2O/c19-13-17-16(14-7-3-1-4-8-14)11-12-20(18(17)21)15-9-5-2-6-10-15/h1,3-4,7-8,11-12,15H,2,5-6,9-10H2. The summed E-state index contributed by atoms with van der Waals surface area (Å²) < 4.78 is 1.77. The minimum absolute atomic E-state index is 0.147. The van der Waals surface area contributed by atoms with E-state index in [2.05, 4.69) is 6.07 Å². The average Bonchev–Trinajstić information content (AvgIpc) is 2.56. The molecule has 1 aromatic heterocycles. The third-order valence-electron chi connectivity index (χ3n) is 4.28. The molecule has 2 aromatic rings. The predicted octanol–water partition coefficient (Wildman–Crippen LogP) is 3.89. The summed E-state index contributed by atoms with van der Waals surface area (Å²) in [6.45, 7) is 0. The van der Waals surface area contributed by atoms with Gasteiger partial charge in [0.1, 0.15) is 11.6 Å². The van der Waals surface area contributed by atoms with E-state index in [-0.39, 0.29) is 17.2 Å². The summed E-state index contributed by atoms with van der Waals surface area (Å²) >= 11 is 0. The molecule has 3 rings (SSSR count). The fraction of sp³-hybridized carbons (Fsp3) is 0.333. The molecule has 0 bridgehead atoms. The van der Waals surface area contributed by atoms with Crippen molar-refractivity contribution in [1.29, 1.82) is 5.26 Å². The van der Waals surface area contributed by atoms with Gasteiger partial charge in [0.2, 0.25) is 0 Å². The number of benzene rings is 1. The van der Waals surface area contributed by atoms with Gasteiger partial charge in [-0.15, -0.1) is 0 Å². The highest BCUT2D eigenvalue weighted by Crippen LogP contribution is 2.28. The van der Waals surface area contributed by atoms with E-state index in [0.717, 1.165) is 24.0 Å². The molecule has 0 amide bonds. The second-order valence-corrected chi connectivity index (χ2v) is 5.59. The summed E-state index contributed by atoms with van der Waals surface area (Å²) in [6, 6.07) is 13.9. The van der Waals surface area contributed by atoms with Crippen molar-refractivity contribution in [1.82, 2.24) is 4.57 Å². The molecule has 0 radical (unpaired) electrons. The second kappa shape index (κ2) is 5.97. The Hall–Kier alpha value is -2.34. The number of pyridine rings is 1. The molecule has 0 spiro atoms. The number of hydrogen-bond acceptors (Lipinski definition) is 2. The van der Waals surface area contributed by atoms with E-state index in [0.29, 0.717) is 0 Å². The summed E-state index contributed by atoms with van der Waals surface area (Å²) in [5, 5.41) is 9.42. The fourth-order valence-corrected chi connectivity index (χ4v) is 3.16. The molecule has 3 nitrogen and oxygen atoms in total. The topological polar surface area (TPSA) is 45.8 Å². The molecular formula is C18H18N2O. The normalized spacial score (nSPS) is 15.6. The van der Waals surface area contributed by atoms with Gasteiger partial charge < -0.3 is 4.57 Å². The van der Waals surface area contributed by atoms with E-state index in [1.807, 2.05) is 42.6 Å². The third kappa shape index (κ3) is 2.62. The highest BCUT2D eigenvalue weighted by molar-refractivity contribution is 5.69. The summed E-state index contributed by atoms with van der Waals surface area (Å²) in [7, 11) is 0. The molecule has 0 N–H and O–H groups in total. The van der Waals surface area contributed by atoms with Crippen molar-refractivity contribution in [3.05, 3.63) is 58.5 Å². The molecule has 1 fully saturated rings. The maximum Gasteiger partial charge on any atom is 0.269 e. The molecule has 0 unspecified atom stereocenters. The zero-order valence-electron chi connectivity index (χ0n) is 12.0. The lowest BCUT2D eigenvalue weighted by molar-refractivity contribution is 0.346. The Kier molecular flexibility index (Phi) is 3.87. The first-order valence-electron chi connectivity index (χ1n) is 7.52. The van der Waals surface area contributed by atoms with Crippen molar-refractivity contribution >= 4 is 0 Å². The summed E-state index contributed by atoms with van der Waals surface area (Å²) in [6.07, 6.45) is 7.52. The van der Waals surface area contributed by atoms with Crippen LogP contribution < -0.4 is 5.56 Å². The fourth-order valence-electron chi connectivity index (χ4n) is 3.16. The van der Waals surface area contributed by atoms with Crippen LogP contribution >= 0.6 is 0 Å². The van der Waals surface area contributed by atoms with Crippen LogP contribution in [0.4, 0.5) is 0 Å². The maximum atomic E-state index is 12.6. The molecule has 1 aliphatic carbocycles. The van der Waals surface area contributed by atoms with Gasteiger partial charge in [0.15, 0.2) is 0 Å². The molecule has 0 saturated heterocycles. The van der Waals surface area contributed by atoms with Gasteiger partial charge in [-0.3, -0.25) is 4.79 Å². The molecule has 1 saturated carbocycles. The van der Waals surface area contributed by atoms with Crippen LogP contribution in [0.15, 0.2) is 47.4 Å². The molecule has 1 aromatic carbocycles. The first-order valence-corrected chi connectivity index (χ1v) is 7.52. The van der Waals surface area contributed by atoms with Crippen molar-refractivity contribution in [2.75, 3.05) is 0 Å². The Labute approximate surface area is 124 Å². The minimum Gasteiger partial charge on any atom is -0.311 e. The number of nitriles is 1. The van der Waals surface area contributed by atoms with E-state index in [4.69, 9.17) is 0 Å². The first-order chi connectivity index (χ1) is 10.3. The van der Waals surface area contributed by atoms with Crippen LogP contribution in [0.1, 0.15) is 43.7 Å². The summed E-state index contributed by atoms with van der Waals surface area (Å²) in [5.41, 5.74) is 1.76. The maximum absolute atomic E-state index is 12.6. The molecule has 1 aliphatic rings. The third-order valence-corrected chi connectivity index (χ3v) is 4.28. The van der Waals surface area contributed by atoms with E-state index in [1.54, 1.807) is 4.57 Å². The van der Waals surface area contributed by atoms with Gasteiger partial charge >= 0.3 is 0 Å². The van der Waals surface area contributed by atoms with Crippen molar-refractivity contribution in [2.45, 2.75) is 38.1 Å². The number of hydrogen-bond donors (Lipinski definition) is 0. The van der Waals surface area contributed by atoms with Crippen molar-refractivity contribution in [3.63, 3.8) is 0 Å². The van der Waals surface area contributed by atoms with E-state index >= 15 is 0 Å². The van der Waals surface area contributed by atoms with Gasteiger partial charge in [-0.1, -0.05) is 49.6 Å². The lowest BCUT2D eigenvalue weighted by Crippen LogP contribution is -2.28. The lowest BCUT2D eigenvalue weighted by Gasteiger charge is -2.24. The molecule has 21 heavy (non-hydrogen) atoms. The number of rotatable bonds is 2. The van der Waals surface area contributed by atoms with E-state index < -0.39 is 0 Å². The van der Waals surface area contributed by atoms with Crippen LogP contribution in [-0.2, 0) is 0 Å². The summed E-state index contributed by atoms with van der Waals surface area (Å²) in [4.78, 5) is 12.6. The highest BCUT2D eigenvalue weighted by Gasteiger charge is 2.19. The zero-order valence-corrected chi connectivity index (χ0v) is 12.0. The average molecular weight is 278 g/mol. The van der Waals surface area contributed by atoms with Crippen LogP contribution in [0.3, 0.4) is 0 Å². The van der Waals surface area contributed by atoms with Crippen molar-refractivity contribution in [2.24, 2.45) is 0 Å². The molecule has 106 valence electrons. The Balaban J connectivity index is 2.08. The molecular weight excluding hydrogens is 260 g/mol. The van der Waals surface area contributed by atoms with Crippen molar-refractivity contribution < 1.29 is 0 Å². The zero-order chi connectivity index (χ0) is 14.7. The molecule has 3 heteroatoms. The van der Waals surface area contributed by atoms with Crippen LogP contribution in [0, 0.1) is 11.3 Å². The lowest BCUT2D eigenvalue weighted by atomic mass is 9.94. The van der Waals surface area contributed by atoms with Gasteiger partial charge in [0.25, 0.3) is 5.56 Å². The molecule has 0 aliphatic heterocycles. The van der Waals surface area contributed by atoms with Gasteiger partial charge in [-0.05, 0) is 24.5 Å². The monoisotopic (exact) mass is 278 g/mol. The van der Waals surface area contributed by atoms with Gasteiger partial charge in [-0.2, -0.15) is 5.26 Å².